The van der Waals surface area contributed by atoms with Gasteiger partial charge in [-0.2, -0.15) is 30.7 Å². The van der Waals surface area contributed by atoms with E-state index in [0.29, 0.717) is 0 Å². The summed E-state index contributed by atoms with van der Waals surface area (Å²) >= 11 is 1.07. The second-order valence-corrected chi connectivity index (χ2v) is 5.97. The van der Waals surface area contributed by atoms with Gasteiger partial charge in [-0.25, -0.2) is 8.42 Å². The first-order valence-electron chi connectivity index (χ1n) is 2.51. The molecule has 12 heteroatoms. The van der Waals surface area contributed by atoms with Gasteiger partial charge in [-0.1, -0.05) is 0 Å². The fourth-order valence-electron chi connectivity index (χ4n) is 0.318. The Morgan fingerprint density at radius 2 is 1.13 bits per heavy atom. The van der Waals surface area contributed by atoms with Crippen molar-refractivity contribution in [1.29, 1.82) is 0 Å². The summed E-state index contributed by atoms with van der Waals surface area (Å²) in [5, 5.41) is -6.25. The van der Waals surface area contributed by atoms with E-state index in [4.69, 9.17) is 0 Å². The Balaban J connectivity index is 0. The van der Waals surface area contributed by atoms with Gasteiger partial charge in [0.25, 0.3) is 8.27 Å². The maximum atomic E-state index is 12.1. The Morgan fingerprint density at radius 3 is 1.20 bits per heavy atom. The second kappa shape index (κ2) is 4.42. The molecule has 87 valence electrons. The summed E-state index contributed by atoms with van der Waals surface area (Å²) in [6.07, 6.45) is -6.66. The molecule has 0 aliphatic carbocycles. The van der Waals surface area contributed by atoms with E-state index in [9.17, 15) is 39.2 Å². The van der Waals surface area contributed by atoms with Crippen molar-refractivity contribution in [1.82, 2.24) is 0 Å². The van der Waals surface area contributed by atoms with Gasteiger partial charge < -0.3 is 0 Å². The zero-order valence-corrected chi connectivity index (χ0v) is 9.15. The zero-order chi connectivity index (χ0) is 12.0. The molecule has 0 saturated heterocycles. The Kier molecular flexibility index (Phi) is 5.29. The van der Waals surface area contributed by atoms with Gasteiger partial charge in [-0.3, -0.25) is 0 Å². The van der Waals surface area contributed by atoms with E-state index in [1.165, 1.54) is 0 Å². The van der Waals surface area contributed by atoms with E-state index in [1.54, 1.807) is 0 Å². The van der Waals surface area contributed by atoms with Gasteiger partial charge in [0, 0.05) is 18.9 Å². The molecule has 0 spiro atoms. The van der Waals surface area contributed by atoms with Crippen LogP contribution in [0.4, 0.5) is 30.7 Å². The maximum Gasteiger partial charge on any atom is 0.461 e. The minimum atomic E-state index is -6.66. The molecule has 0 aromatic rings. The molecule has 0 saturated carbocycles. The van der Waals surface area contributed by atoms with Crippen LogP contribution >= 0.6 is 14.8 Å². The summed E-state index contributed by atoms with van der Waals surface area (Å²) in [7, 11) is -6.03. The SMILES string of the molecule is O=S(=O)(Br)C(F)(F)C(F)(F)C(F)(F)F.[Li]. The van der Waals surface area contributed by atoms with Crippen molar-refractivity contribution in [2.45, 2.75) is 17.4 Å². The third-order valence-electron chi connectivity index (χ3n) is 1.03. The largest absolute Gasteiger partial charge is 0.461 e. The van der Waals surface area contributed by atoms with E-state index in [-0.39, 0.29) is 18.9 Å². The van der Waals surface area contributed by atoms with Crippen molar-refractivity contribution in [2.75, 3.05) is 0 Å². The molecule has 0 rings (SSSR count). The van der Waals surface area contributed by atoms with Crippen molar-refractivity contribution < 1.29 is 39.2 Å². The Bertz CT molecular complexity index is 322. The van der Waals surface area contributed by atoms with Gasteiger partial charge in [0.1, 0.15) is 0 Å². The van der Waals surface area contributed by atoms with Crippen LogP contribution in [0.5, 0.6) is 0 Å². The monoisotopic (exact) mass is 319 g/mol. The summed E-state index contributed by atoms with van der Waals surface area (Å²) in [4.78, 5) is 0. The van der Waals surface area contributed by atoms with E-state index in [2.05, 4.69) is 0 Å². The Labute approximate surface area is 98.5 Å². The minimum absolute atomic E-state index is 0. The summed E-state index contributed by atoms with van der Waals surface area (Å²) in [6, 6.07) is 0. The third-order valence-corrected chi connectivity index (χ3v) is 3.12. The average molecular weight is 320 g/mol. The van der Waals surface area contributed by atoms with E-state index in [1.807, 2.05) is 0 Å². The van der Waals surface area contributed by atoms with Crippen LogP contribution in [0.1, 0.15) is 0 Å². The summed E-state index contributed by atoms with van der Waals surface area (Å²) in [5.74, 6) is -6.65. The number of halogens is 8. The van der Waals surface area contributed by atoms with E-state index >= 15 is 0 Å². The Morgan fingerprint density at radius 1 is 0.867 bits per heavy atom. The van der Waals surface area contributed by atoms with Crippen molar-refractivity contribution in [3.63, 3.8) is 0 Å². The standard InChI is InChI=1S/C3BrF7O2S.Li/c4-14(12,13)3(10,11)1(5,6)2(7,8)9;. The summed E-state index contributed by atoms with van der Waals surface area (Å²) in [6.45, 7) is 0. The molecule has 0 unspecified atom stereocenters. The molecule has 0 aliphatic rings. The molecule has 1 radical (unpaired) electrons. The first kappa shape index (κ1) is 17.9. The summed E-state index contributed by atoms with van der Waals surface area (Å²) in [5.41, 5.74) is 0. The molecule has 0 N–H and O–H groups in total. The van der Waals surface area contributed by atoms with E-state index < -0.39 is 25.6 Å². The number of alkyl halides is 7. The third kappa shape index (κ3) is 3.01. The molecule has 0 amide bonds. The van der Waals surface area contributed by atoms with Gasteiger partial charge in [0.15, 0.2) is 0 Å². The molecule has 0 aliphatic heterocycles. The molecule has 0 bridgehead atoms. The van der Waals surface area contributed by atoms with Gasteiger partial charge in [0.2, 0.25) is 0 Å². The molecule has 2 nitrogen and oxygen atoms in total. The van der Waals surface area contributed by atoms with Gasteiger partial charge in [-0.15, -0.1) is 0 Å². The quantitative estimate of drug-likeness (QED) is 0.444. The zero-order valence-electron chi connectivity index (χ0n) is 6.75. The van der Waals surface area contributed by atoms with Crippen LogP contribution in [0.15, 0.2) is 0 Å². The van der Waals surface area contributed by atoms with Crippen molar-refractivity contribution in [3.05, 3.63) is 0 Å². The molecule has 0 aromatic heterocycles. The van der Waals surface area contributed by atoms with Crippen LogP contribution < -0.4 is 0 Å². The second-order valence-electron chi connectivity index (χ2n) is 2.03. The maximum absolute atomic E-state index is 12.1. The van der Waals surface area contributed by atoms with Gasteiger partial charge >= 0.3 is 17.4 Å². The van der Waals surface area contributed by atoms with Crippen molar-refractivity contribution in [3.8, 4) is 0 Å². The first-order valence-corrected chi connectivity index (χ1v) is 5.84. The average Bonchev–Trinajstić information content (AvgIpc) is 1.81. The number of hydrogen-bond acceptors (Lipinski definition) is 2. The van der Waals surface area contributed by atoms with E-state index in [0.717, 1.165) is 14.8 Å². The minimum Gasteiger partial charge on any atom is -0.210 e. The fraction of sp³-hybridized carbons (Fsp3) is 1.00. The van der Waals surface area contributed by atoms with Crippen LogP contribution in [-0.2, 0) is 8.27 Å². The van der Waals surface area contributed by atoms with Gasteiger partial charge in [0.05, 0.1) is 14.8 Å². The molecule has 15 heavy (non-hydrogen) atoms. The first-order chi connectivity index (χ1) is 5.75. The molecule has 0 atom stereocenters. The van der Waals surface area contributed by atoms with Crippen LogP contribution in [0.3, 0.4) is 0 Å². The van der Waals surface area contributed by atoms with Gasteiger partial charge in [-0.05, 0) is 0 Å². The van der Waals surface area contributed by atoms with Crippen LogP contribution in [0, 0.1) is 0 Å². The molecular weight excluding hydrogens is 320 g/mol. The molecule has 0 aromatic carbocycles. The number of hydrogen-bond donors (Lipinski definition) is 0. The normalized spacial score (nSPS) is 14.7. The summed E-state index contributed by atoms with van der Waals surface area (Å²) < 4.78 is 102. The Hall–Kier alpha value is 0.537. The van der Waals surface area contributed by atoms with Crippen LogP contribution in [-0.4, -0.2) is 44.6 Å². The fourth-order valence-corrected chi connectivity index (χ4v) is 1.35. The topological polar surface area (TPSA) is 34.1 Å². The molecular formula is C3BrF7LiO2S. The molecule has 0 heterocycles. The predicted molar refractivity (Wildman–Crippen MR) is 39.5 cm³/mol. The molecule has 0 fully saturated rings. The van der Waals surface area contributed by atoms with Crippen molar-refractivity contribution >= 4 is 41.9 Å². The van der Waals surface area contributed by atoms with Crippen molar-refractivity contribution in [2.24, 2.45) is 0 Å². The smallest absolute Gasteiger partial charge is 0.210 e. The van der Waals surface area contributed by atoms with Crippen LogP contribution in [0.25, 0.3) is 0 Å². The predicted octanol–water partition coefficient (Wildman–Crippen LogP) is 2.12. The van der Waals surface area contributed by atoms with Crippen LogP contribution in [0.2, 0.25) is 0 Å². The number of rotatable bonds is 2.